The number of hydrogen-bond donors (Lipinski definition) is 0. The Kier molecular flexibility index (Phi) is 7.23. The van der Waals surface area contributed by atoms with Gasteiger partial charge in [0.15, 0.2) is 11.6 Å². The average molecular weight is 457 g/mol. The molecule has 1 fully saturated rings. The van der Waals surface area contributed by atoms with Crippen molar-refractivity contribution in [1.82, 2.24) is 0 Å². The summed E-state index contributed by atoms with van der Waals surface area (Å²) in [4.78, 5) is 0. The lowest BCUT2D eigenvalue weighted by atomic mass is 9.82. The van der Waals surface area contributed by atoms with E-state index in [4.69, 9.17) is 14.2 Å². The largest absolute Gasteiger partial charge is 0.497 e. The molecule has 0 amide bonds. The SMILES string of the molecule is COc1ccc(-c2ccc(C3CCC(OCc4ccc(OC)cc4F)CC3)c(F)c2F)cc1. The van der Waals surface area contributed by atoms with Gasteiger partial charge in [-0.25, -0.2) is 13.2 Å². The van der Waals surface area contributed by atoms with Gasteiger partial charge in [-0.15, -0.1) is 0 Å². The lowest BCUT2D eigenvalue weighted by molar-refractivity contribution is 0.0118. The van der Waals surface area contributed by atoms with Crippen LogP contribution in [0, 0.1) is 17.5 Å². The fourth-order valence-corrected chi connectivity index (χ4v) is 4.39. The highest BCUT2D eigenvalue weighted by Crippen LogP contribution is 2.38. The van der Waals surface area contributed by atoms with E-state index in [2.05, 4.69) is 0 Å². The molecule has 0 aliphatic heterocycles. The first-order chi connectivity index (χ1) is 16.0. The summed E-state index contributed by atoms with van der Waals surface area (Å²) < 4.78 is 60.0. The van der Waals surface area contributed by atoms with Gasteiger partial charge in [-0.2, -0.15) is 0 Å². The van der Waals surface area contributed by atoms with E-state index in [9.17, 15) is 13.2 Å². The summed E-state index contributed by atoms with van der Waals surface area (Å²) in [5, 5.41) is 0. The van der Waals surface area contributed by atoms with Crippen molar-refractivity contribution in [3.63, 3.8) is 0 Å². The highest BCUT2D eigenvalue weighted by atomic mass is 19.2. The molecule has 3 aromatic carbocycles. The predicted octanol–water partition coefficient (Wildman–Crippen LogP) is 7.03. The Labute approximate surface area is 192 Å². The second-order valence-electron chi connectivity index (χ2n) is 8.30. The van der Waals surface area contributed by atoms with E-state index >= 15 is 0 Å². The zero-order chi connectivity index (χ0) is 23.4. The van der Waals surface area contributed by atoms with Gasteiger partial charge in [-0.05, 0) is 60.9 Å². The maximum atomic E-state index is 15.0. The molecule has 33 heavy (non-hydrogen) atoms. The topological polar surface area (TPSA) is 27.7 Å². The molecular weight excluding hydrogens is 429 g/mol. The highest BCUT2D eigenvalue weighted by molar-refractivity contribution is 5.65. The maximum Gasteiger partial charge on any atom is 0.166 e. The summed E-state index contributed by atoms with van der Waals surface area (Å²) >= 11 is 0. The van der Waals surface area contributed by atoms with E-state index in [1.165, 1.54) is 13.2 Å². The van der Waals surface area contributed by atoms with Crippen molar-refractivity contribution in [2.75, 3.05) is 14.2 Å². The van der Waals surface area contributed by atoms with Gasteiger partial charge in [0.2, 0.25) is 0 Å². The van der Waals surface area contributed by atoms with Crippen LogP contribution in [0.3, 0.4) is 0 Å². The minimum absolute atomic E-state index is 0.0331. The van der Waals surface area contributed by atoms with Crippen molar-refractivity contribution in [3.05, 3.63) is 83.2 Å². The van der Waals surface area contributed by atoms with Crippen molar-refractivity contribution in [2.24, 2.45) is 0 Å². The summed E-state index contributed by atoms with van der Waals surface area (Å²) in [7, 11) is 3.05. The molecule has 0 radical (unpaired) electrons. The van der Waals surface area contributed by atoms with Crippen LogP contribution in [0.15, 0.2) is 54.6 Å². The molecule has 0 atom stereocenters. The fraction of sp³-hybridized carbons (Fsp3) is 0.333. The van der Waals surface area contributed by atoms with Gasteiger partial charge in [0.25, 0.3) is 0 Å². The summed E-state index contributed by atoms with van der Waals surface area (Å²) in [5.41, 5.74) is 1.71. The monoisotopic (exact) mass is 456 g/mol. The Hall–Kier alpha value is -2.99. The first kappa shape index (κ1) is 23.2. The molecule has 0 saturated heterocycles. The van der Waals surface area contributed by atoms with Crippen molar-refractivity contribution in [3.8, 4) is 22.6 Å². The van der Waals surface area contributed by atoms with Crippen LogP contribution in [0.2, 0.25) is 0 Å². The number of benzene rings is 3. The van der Waals surface area contributed by atoms with Crippen LogP contribution in [0.1, 0.15) is 42.7 Å². The van der Waals surface area contributed by atoms with Gasteiger partial charge >= 0.3 is 0 Å². The zero-order valence-corrected chi connectivity index (χ0v) is 18.7. The number of ether oxygens (including phenoxy) is 3. The second kappa shape index (κ2) is 10.3. The first-order valence-electron chi connectivity index (χ1n) is 11.1. The zero-order valence-electron chi connectivity index (χ0n) is 18.7. The maximum absolute atomic E-state index is 15.0. The van der Waals surface area contributed by atoms with Crippen molar-refractivity contribution in [1.29, 1.82) is 0 Å². The minimum Gasteiger partial charge on any atom is -0.497 e. The molecule has 174 valence electrons. The van der Waals surface area contributed by atoms with Gasteiger partial charge < -0.3 is 14.2 Å². The van der Waals surface area contributed by atoms with Gasteiger partial charge in [-0.1, -0.05) is 30.3 Å². The average Bonchev–Trinajstić information content (AvgIpc) is 2.85. The van der Waals surface area contributed by atoms with Gasteiger partial charge in [0.1, 0.15) is 17.3 Å². The quantitative estimate of drug-likeness (QED) is 0.382. The summed E-state index contributed by atoms with van der Waals surface area (Å²) in [6.45, 7) is 0.171. The Morgan fingerprint density at radius 2 is 1.42 bits per heavy atom. The number of rotatable bonds is 7. The van der Waals surface area contributed by atoms with Gasteiger partial charge in [0, 0.05) is 17.2 Å². The summed E-state index contributed by atoms with van der Waals surface area (Å²) in [6, 6.07) is 14.9. The van der Waals surface area contributed by atoms with E-state index in [1.54, 1.807) is 55.6 Å². The molecule has 4 rings (SSSR count). The van der Waals surface area contributed by atoms with Crippen LogP contribution < -0.4 is 9.47 Å². The molecule has 1 saturated carbocycles. The van der Waals surface area contributed by atoms with Gasteiger partial charge in [-0.3, -0.25) is 0 Å². The van der Waals surface area contributed by atoms with Crippen LogP contribution in [0.5, 0.6) is 11.5 Å². The van der Waals surface area contributed by atoms with Crippen LogP contribution in [-0.4, -0.2) is 20.3 Å². The lowest BCUT2D eigenvalue weighted by Gasteiger charge is -2.29. The molecule has 3 nitrogen and oxygen atoms in total. The molecule has 0 aromatic heterocycles. The summed E-state index contributed by atoms with van der Waals surface area (Å²) in [6.07, 6.45) is 2.77. The smallest absolute Gasteiger partial charge is 0.166 e. The van der Waals surface area contributed by atoms with Crippen molar-refractivity contribution in [2.45, 2.75) is 44.3 Å². The van der Waals surface area contributed by atoms with Crippen LogP contribution in [0.25, 0.3) is 11.1 Å². The minimum atomic E-state index is -0.828. The predicted molar refractivity (Wildman–Crippen MR) is 121 cm³/mol. The third-order valence-corrected chi connectivity index (χ3v) is 6.36. The summed E-state index contributed by atoms with van der Waals surface area (Å²) in [5.74, 6) is -0.924. The lowest BCUT2D eigenvalue weighted by Crippen LogP contribution is -2.21. The van der Waals surface area contributed by atoms with Crippen molar-refractivity contribution >= 4 is 0 Å². The Morgan fingerprint density at radius 1 is 0.758 bits per heavy atom. The number of halogens is 3. The first-order valence-corrected chi connectivity index (χ1v) is 11.1. The Bertz CT molecular complexity index is 1090. The molecule has 0 unspecified atom stereocenters. The van der Waals surface area contributed by atoms with Crippen LogP contribution in [0.4, 0.5) is 13.2 Å². The normalized spacial score (nSPS) is 18.2. The van der Waals surface area contributed by atoms with E-state index in [1.807, 2.05) is 0 Å². The van der Waals surface area contributed by atoms with Crippen molar-refractivity contribution < 1.29 is 27.4 Å². The molecule has 6 heteroatoms. The third-order valence-electron chi connectivity index (χ3n) is 6.36. The number of hydrogen-bond acceptors (Lipinski definition) is 3. The standard InChI is InChI=1S/C27H27F3O3/c1-31-20-8-3-17(4-9-20)23-13-14-24(27(30)26(23)29)18-5-10-21(11-6-18)33-16-19-7-12-22(32-2)15-25(19)28/h3-4,7-9,12-15,18,21H,5-6,10-11,16H2,1-2H3. The fourth-order valence-electron chi connectivity index (χ4n) is 4.39. The Balaban J connectivity index is 1.37. The van der Waals surface area contributed by atoms with Crippen LogP contribution in [-0.2, 0) is 11.3 Å². The molecule has 0 heterocycles. The molecule has 0 spiro atoms. The molecular formula is C27H27F3O3. The van der Waals surface area contributed by atoms with Gasteiger partial charge in [0.05, 0.1) is 26.9 Å². The second-order valence-corrected chi connectivity index (χ2v) is 8.30. The third kappa shape index (κ3) is 5.17. The molecule has 3 aromatic rings. The van der Waals surface area contributed by atoms with E-state index in [0.717, 1.165) is 0 Å². The van der Waals surface area contributed by atoms with E-state index in [0.29, 0.717) is 53.9 Å². The Morgan fingerprint density at radius 3 is 2.06 bits per heavy atom. The molecule has 0 N–H and O–H groups in total. The molecule has 1 aliphatic rings. The van der Waals surface area contributed by atoms with Crippen LogP contribution >= 0.6 is 0 Å². The van der Waals surface area contributed by atoms with E-state index in [-0.39, 0.29) is 30.0 Å². The molecule has 1 aliphatic carbocycles. The number of methoxy groups -OCH3 is 2. The van der Waals surface area contributed by atoms with E-state index < -0.39 is 11.6 Å². The molecule has 0 bridgehead atoms. The highest BCUT2D eigenvalue weighted by Gasteiger charge is 2.27.